The summed E-state index contributed by atoms with van der Waals surface area (Å²) in [6.07, 6.45) is 0. The summed E-state index contributed by atoms with van der Waals surface area (Å²) in [6, 6.07) is 8.28. The first-order chi connectivity index (χ1) is 9.67. The minimum absolute atomic E-state index is 0.202. The number of methoxy groups -OCH3 is 1. The zero-order valence-corrected chi connectivity index (χ0v) is 13.1. The number of nitrogens with one attached hydrogen (secondary N) is 1. The summed E-state index contributed by atoms with van der Waals surface area (Å²) < 4.78 is 7.43. The molecule has 1 aromatic heterocycles. The van der Waals surface area contributed by atoms with Gasteiger partial charge in [-0.2, -0.15) is 0 Å². The summed E-state index contributed by atoms with van der Waals surface area (Å²) >= 11 is 1.69. The zero-order valence-electron chi connectivity index (χ0n) is 12.3. The number of hydrogen-bond acceptors (Lipinski definition) is 5. The monoisotopic (exact) mass is 292 g/mol. The van der Waals surface area contributed by atoms with E-state index in [4.69, 9.17) is 4.74 Å². The average Bonchev–Trinajstić information content (AvgIpc) is 2.80. The second-order valence-corrected chi connectivity index (χ2v) is 5.47. The van der Waals surface area contributed by atoms with Crippen molar-refractivity contribution in [1.82, 2.24) is 20.1 Å². The van der Waals surface area contributed by atoms with Crippen molar-refractivity contribution < 1.29 is 4.74 Å². The Bertz CT molecular complexity index is 570. The molecular weight excluding hydrogens is 272 g/mol. The third-order valence-corrected chi connectivity index (χ3v) is 4.41. The Morgan fingerprint density at radius 2 is 2.10 bits per heavy atom. The number of aryl methyl sites for hydroxylation is 1. The third-order valence-electron chi connectivity index (χ3n) is 3.29. The van der Waals surface area contributed by atoms with Gasteiger partial charge < -0.3 is 14.6 Å². The van der Waals surface area contributed by atoms with Crippen molar-refractivity contribution in [3.8, 4) is 5.75 Å². The highest BCUT2D eigenvalue weighted by atomic mass is 32.2. The molecule has 1 N–H and O–H groups in total. The van der Waals surface area contributed by atoms with E-state index in [1.807, 2.05) is 43.8 Å². The van der Waals surface area contributed by atoms with Crippen molar-refractivity contribution in [2.45, 2.75) is 18.1 Å². The van der Waals surface area contributed by atoms with Gasteiger partial charge in [0.1, 0.15) is 11.6 Å². The van der Waals surface area contributed by atoms with E-state index >= 15 is 0 Å². The SMILES string of the molecule is CNC(CSc1nnc(C)n1C)c1ccccc1OC. The molecule has 20 heavy (non-hydrogen) atoms. The molecule has 1 unspecified atom stereocenters. The highest BCUT2D eigenvalue weighted by molar-refractivity contribution is 7.99. The van der Waals surface area contributed by atoms with Crippen molar-refractivity contribution in [3.63, 3.8) is 0 Å². The van der Waals surface area contributed by atoms with Crippen LogP contribution in [-0.4, -0.2) is 34.7 Å². The molecule has 2 rings (SSSR count). The van der Waals surface area contributed by atoms with Gasteiger partial charge in [-0.3, -0.25) is 0 Å². The lowest BCUT2D eigenvalue weighted by atomic mass is 10.1. The molecule has 0 aliphatic heterocycles. The van der Waals surface area contributed by atoms with Gasteiger partial charge in [-0.15, -0.1) is 10.2 Å². The lowest BCUT2D eigenvalue weighted by Gasteiger charge is -2.18. The van der Waals surface area contributed by atoms with Crippen LogP contribution in [0.3, 0.4) is 0 Å². The summed E-state index contributed by atoms with van der Waals surface area (Å²) in [5.41, 5.74) is 1.16. The zero-order chi connectivity index (χ0) is 14.5. The standard InChI is InChI=1S/C14H20N4OS/c1-10-16-17-14(18(10)3)20-9-12(15-2)11-7-5-6-8-13(11)19-4/h5-8,12,15H,9H2,1-4H3. The minimum atomic E-state index is 0.202. The van der Waals surface area contributed by atoms with Crippen LogP contribution < -0.4 is 10.1 Å². The predicted molar refractivity (Wildman–Crippen MR) is 81.3 cm³/mol. The van der Waals surface area contributed by atoms with Gasteiger partial charge >= 0.3 is 0 Å². The van der Waals surface area contributed by atoms with E-state index in [1.165, 1.54) is 0 Å². The molecule has 1 heterocycles. The first-order valence-electron chi connectivity index (χ1n) is 6.46. The smallest absolute Gasteiger partial charge is 0.191 e. The van der Waals surface area contributed by atoms with Crippen molar-refractivity contribution in [2.75, 3.05) is 19.9 Å². The number of aromatic nitrogens is 3. The van der Waals surface area contributed by atoms with E-state index in [2.05, 4.69) is 21.6 Å². The molecule has 0 bridgehead atoms. The van der Waals surface area contributed by atoms with Crippen LogP contribution in [0.5, 0.6) is 5.75 Å². The minimum Gasteiger partial charge on any atom is -0.496 e. The van der Waals surface area contributed by atoms with Crippen LogP contribution in [-0.2, 0) is 7.05 Å². The van der Waals surface area contributed by atoms with E-state index in [0.717, 1.165) is 28.0 Å². The summed E-state index contributed by atoms with van der Waals surface area (Å²) in [5, 5.41) is 12.5. The number of nitrogens with zero attached hydrogens (tertiary/aromatic N) is 3. The molecule has 1 atom stereocenters. The van der Waals surface area contributed by atoms with Crippen molar-refractivity contribution in [3.05, 3.63) is 35.7 Å². The Balaban J connectivity index is 2.11. The lowest BCUT2D eigenvalue weighted by molar-refractivity contribution is 0.404. The van der Waals surface area contributed by atoms with Crippen LogP contribution in [0.4, 0.5) is 0 Å². The Morgan fingerprint density at radius 1 is 1.35 bits per heavy atom. The summed E-state index contributed by atoms with van der Waals surface area (Å²) in [5.74, 6) is 2.69. The molecular formula is C14H20N4OS. The highest BCUT2D eigenvalue weighted by Gasteiger charge is 2.16. The molecule has 0 saturated heterocycles. The van der Waals surface area contributed by atoms with Crippen LogP contribution in [0, 0.1) is 6.92 Å². The van der Waals surface area contributed by atoms with Crippen molar-refractivity contribution >= 4 is 11.8 Å². The van der Waals surface area contributed by atoms with Gasteiger partial charge in [0.05, 0.1) is 7.11 Å². The van der Waals surface area contributed by atoms with Crippen LogP contribution in [0.1, 0.15) is 17.4 Å². The summed E-state index contributed by atoms with van der Waals surface area (Å²) in [6.45, 7) is 1.95. The molecule has 0 fully saturated rings. The first-order valence-corrected chi connectivity index (χ1v) is 7.45. The van der Waals surface area contributed by atoms with Gasteiger partial charge in [0.25, 0.3) is 0 Å². The quantitative estimate of drug-likeness (QED) is 0.827. The van der Waals surface area contributed by atoms with Crippen LogP contribution in [0.25, 0.3) is 0 Å². The maximum absolute atomic E-state index is 5.43. The second-order valence-electron chi connectivity index (χ2n) is 4.48. The molecule has 0 saturated carbocycles. The second kappa shape index (κ2) is 6.76. The lowest BCUT2D eigenvalue weighted by Crippen LogP contribution is -2.19. The van der Waals surface area contributed by atoms with E-state index in [0.29, 0.717) is 0 Å². The number of hydrogen-bond donors (Lipinski definition) is 1. The molecule has 0 amide bonds. The fourth-order valence-corrected chi connectivity index (χ4v) is 3.04. The number of thioether (sulfide) groups is 1. The Kier molecular flexibility index (Phi) is 5.03. The van der Waals surface area contributed by atoms with Crippen molar-refractivity contribution in [1.29, 1.82) is 0 Å². The number of ether oxygens (including phenoxy) is 1. The fraction of sp³-hybridized carbons (Fsp3) is 0.429. The van der Waals surface area contributed by atoms with Crippen molar-refractivity contribution in [2.24, 2.45) is 7.05 Å². The maximum atomic E-state index is 5.43. The van der Waals surface area contributed by atoms with Gasteiger partial charge in [0, 0.05) is 24.4 Å². The largest absolute Gasteiger partial charge is 0.496 e. The van der Waals surface area contributed by atoms with Gasteiger partial charge in [-0.05, 0) is 20.0 Å². The molecule has 108 valence electrons. The van der Waals surface area contributed by atoms with Crippen LogP contribution >= 0.6 is 11.8 Å². The normalized spacial score (nSPS) is 12.4. The molecule has 5 nitrogen and oxygen atoms in total. The van der Waals surface area contributed by atoms with E-state index in [1.54, 1.807) is 18.9 Å². The summed E-state index contributed by atoms with van der Waals surface area (Å²) in [4.78, 5) is 0. The molecule has 2 aromatic rings. The Hall–Kier alpha value is -1.53. The van der Waals surface area contributed by atoms with Crippen LogP contribution in [0.2, 0.25) is 0 Å². The van der Waals surface area contributed by atoms with Gasteiger partial charge in [-0.25, -0.2) is 0 Å². The molecule has 6 heteroatoms. The third kappa shape index (κ3) is 3.13. The molecule has 0 spiro atoms. The highest BCUT2D eigenvalue weighted by Crippen LogP contribution is 2.29. The van der Waals surface area contributed by atoms with Gasteiger partial charge in [0.2, 0.25) is 0 Å². The van der Waals surface area contributed by atoms with E-state index in [9.17, 15) is 0 Å². The topological polar surface area (TPSA) is 52.0 Å². The predicted octanol–water partition coefficient (Wildman–Crippen LogP) is 2.18. The van der Waals surface area contributed by atoms with Gasteiger partial charge in [-0.1, -0.05) is 30.0 Å². The number of benzene rings is 1. The maximum Gasteiger partial charge on any atom is 0.191 e. The fourth-order valence-electron chi connectivity index (χ4n) is 1.95. The molecule has 0 aliphatic carbocycles. The summed E-state index contributed by atoms with van der Waals surface area (Å²) in [7, 11) is 5.64. The molecule has 1 aromatic carbocycles. The number of rotatable bonds is 6. The van der Waals surface area contributed by atoms with Crippen LogP contribution in [0.15, 0.2) is 29.4 Å². The van der Waals surface area contributed by atoms with E-state index < -0.39 is 0 Å². The Morgan fingerprint density at radius 3 is 2.70 bits per heavy atom. The van der Waals surface area contributed by atoms with Gasteiger partial charge in [0.15, 0.2) is 5.16 Å². The molecule has 0 radical (unpaired) electrons. The first kappa shape index (κ1) is 14.9. The average molecular weight is 292 g/mol. The van der Waals surface area contributed by atoms with E-state index in [-0.39, 0.29) is 6.04 Å². The molecule has 0 aliphatic rings. The number of para-hydroxylation sites is 1. The Labute approximate surface area is 123 Å².